The van der Waals surface area contributed by atoms with Gasteiger partial charge in [-0.25, -0.2) is 4.79 Å². The van der Waals surface area contributed by atoms with Crippen molar-refractivity contribution in [1.29, 1.82) is 0 Å². The van der Waals surface area contributed by atoms with E-state index in [2.05, 4.69) is 10.2 Å². The molecule has 0 aliphatic rings. The van der Waals surface area contributed by atoms with Crippen molar-refractivity contribution < 1.29 is 23.7 Å². The van der Waals surface area contributed by atoms with Gasteiger partial charge in [0.05, 0.1) is 38.3 Å². The van der Waals surface area contributed by atoms with Crippen molar-refractivity contribution in [2.45, 2.75) is 40.1 Å². The van der Waals surface area contributed by atoms with Crippen LogP contribution in [0.25, 0.3) is 0 Å². The molecule has 0 aliphatic heterocycles. The molecule has 0 bridgehead atoms. The highest BCUT2D eigenvalue weighted by Crippen LogP contribution is 2.18. The van der Waals surface area contributed by atoms with Gasteiger partial charge in [0.25, 0.3) is 0 Å². The van der Waals surface area contributed by atoms with Gasteiger partial charge in [-0.15, -0.1) is 0 Å². The molecule has 0 saturated heterocycles. The van der Waals surface area contributed by atoms with Crippen LogP contribution in [0.1, 0.15) is 32.0 Å². The molecule has 7 nitrogen and oxygen atoms in total. The summed E-state index contributed by atoms with van der Waals surface area (Å²) in [6.45, 7) is 8.10. The maximum atomic E-state index is 12.3. The summed E-state index contributed by atoms with van der Waals surface area (Å²) in [6, 6.07) is 1.89. The van der Waals surface area contributed by atoms with E-state index in [0.717, 1.165) is 11.3 Å². The number of aryl methyl sites for hydroxylation is 1. The highest BCUT2D eigenvalue weighted by Gasteiger charge is 2.44. The summed E-state index contributed by atoms with van der Waals surface area (Å²) < 4.78 is 21.3. The quantitative estimate of drug-likeness (QED) is 0.480. The fourth-order valence-corrected chi connectivity index (χ4v) is 1.89. The summed E-state index contributed by atoms with van der Waals surface area (Å²) in [7, 11) is 0. The summed E-state index contributed by atoms with van der Waals surface area (Å²) >= 11 is 0. The second kappa shape index (κ2) is 9.45. The van der Waals surface area contributed by atoms with Crippen LogP contribution in [0.4, 0.5) is 0 Å². The molecule has 22 heavy (non-hydrogen) atoms. The van der Waals surface area contributed by atoms with E-state index in [4.69, 9.17) is 18.9 Å². The summed E-state index contributed by atoms with van der Waals surface area (Å²) in [5, 5.41) is 7.73. The third-order valence-electron chi connectivity index (χ3n) is 2.71. The number of ether oxygens (including phenoxy) is 4. The minimum atomic E-state index is -1.79. The molecule has 1 rings (SSSR count). The fourth-order valence-electron chi connectivity index (χ4n) is 1.89. The molecule has 0 amide bonds. The van der Waals surface area contributed by atoms with Crippen LogP contribution in [0.3, 0.4) is 0 Å². The van der Waals surface area contributed by atoms with Crippen molar-refractivity contribution in [2.24, 2.45) is 0 Å². The first-order valence-corrected chi connectivity index (χ1v) is 7.45. The standard InChI is InChI=1S/C15H24N2O5/c1-5-20-15(21-6-2,22-7-3)14(18)19-9-8-13-10-12(4)17-16-11-13/h10-11H,5-9H2,1-4H3. The number of carbonyl (C=O) groups excluding carboxylic acids is 1. The van der Waals surface area contributed by atoms with Crippen LogP contribution in [0.5, 0.6) is 0 Å². The maximum absolute atomic E-state index is 12.3. The van der Waals surface area contributed by atoms with Crippen molar-refractivity contribution in [3.63, 3.8) is 0 Å². The van der Waals surface area contributed by atoms with Crippen LogP contribution in [0.15, 0.2) is 12.3 Å². The monoisotopic (exact) mass is 312 g/mol. The number of rotatable bonds is 10. The lowest BCUT2D eigenvalue weighted by molar-refractivity contribution is -0.360. The zero-order valence-corrected chi connectivity index (χ0v) is 13.6. The predicted molar refractivity (Wildman–Crippen MR) is 79.0 cm³/mol. The van der Waals surface area contributed by atoms with E-state index < -0.39 is 11.9 Å². The van der Waals surface area contributed by atoms with Gasteiger partial charge in [-0.3, -0.25) is 0 Å². The van der Waals surface area contributed by atoms with Crippen LogP contribution >= 0.6 is 0 Å². The van der Waals surface area contributed by atoms with Crippen molar-refractivity contribution in [1.82, 2.24) is 10.2 Å². The molecule has 1 aromatic rings. The Morgan fingerprint density at radius 1 is 1.14 bits per heavy atom. The number of hydrogen-bond donors (Lipinski definition) is 0. The fraction of sp³-hybridized carbons (Fsp3) is 0.667. The molecule has 124 valence electrons. The van der Waals surface area contributed by atoms with Gasteiger partial charge in [0.2, 0.25) is 0 Å². The maximum Gasteiger partial charge on any atom is 0.398 e. The van der Waals surface area contributed by atoms with E-state index in [1.807, 2.05) is 13.0 Å². The SMILES string of the molecule is CCOC(OCC)(OCC)C(=O)OCCc1cnnc(C)c1. The topological polar surface area (TPSA) is 79.8 Å². The van der Waals surface area contributed by atoms with Gasteiger partial charge in [0.15, 0.2) is 0 Å². The number of hydrogen-bond acceptors (Lipinski definition) is 7. The Hall–Kier alpha value is -1.57. The Bertz CT molecular complexity index is 450. The van der Waals surface area contributed by atoms with E-state index in [1.165, 1.54) is 0 Å². The predicted octanol–water partition coefficient (Wildman–Crippen LogP) is 1.63. The third-order valence-corrected chi connectivity index (χ3v) is 2.71. The number of nitrogens with zero attached hydrogens (tertiary/aromatic N) is 2. The molecule has 0 spiro atoms. The molecule has 0 N–H and O–H groups in total. The lowest BCUT2D eigenvalue weighted by Gasteiger charge is -2.29. The van der Waals surface area contributed by atoms with E-state index in [-0.39, 0.29) is 26.4 Å². The summed E-state index contributed by atoms with van der Waals surface area (Å²) in [5.74, 6) is -2.47. The summed E-state index contributed by atoms with van der Waals surface area (Å²) in [6.07, 6.45) is 2.17. The van der Waals surface area contributed by atoms with Crippen molar-refractivity contribution in [3.05, 3.63) is 23.5 Å². The van der Waals surface area contributed by atoms with Gasteiger partial charge in [-0.05, 0) is 39.3 Å². The molecule has 0 unspecified atom stereocenters. The molecule has 1 aromatic heterocycles. The van der Waals surface area contributed by atoms with Gasteiger partial charge in [-0.2, -0.15) is 10.2 Å². The third kappa shape index (κ3) is 5.32. The van der Waals surface area contributed by atoms with Gasteiger partial charge in [-0.1, -0.05) is 0 Å². The Kier molecular flexibility index (Phi) is 7.94. The van der Waals surface area contributed by atoms with Gasteiger partial charge >= 0.3 is 11.9 Å². The molecule has 0 saturated carbocycles. The second-order valence-electron chi connectivity index (χ2n) is 4.45. The Labute approximate surface area is 130 Å². The average molecular weight is 312 g/mol. The van der Waals surface area contributed by atoms with Gasteiger partial charge in [0, 0.05) is 6.42 Å². The summed E-state index contributed by atoms with van der Waals surface area (Å²) in [5.41, 5.74) is 1.76. The van der Waals surface area contributed by atoms with Crippen molar-refractivity contribution >= 4 is 5.97 Å². The minimum absolute atomic E-state index is 0.180. The number of esters is 1. The van der Waals surface area contributed by atoms with Gasteiger partial charge < -0.3 is 18.9 Å². The molecule has 7 heteroatoms. The molecule has 1 heterocycles. The van der Waals surface area contributed by atoms with Crippen molar-refractivity contribution in [3.8, 4) is 0 Å². The molecule has 0 aliphatic carbocycles. The first-order chi connectivity index (χ1) is 10.6. The highest BCUT2D eigenvalue weighted by atomic mass is 16.9. The Morgan fingerprint density at radius 3 is 2.23 bits per heavy atom. The van der Waals surface area contributed by atoms with Crippen LogP contribution in [-0.2, 0) is 30.2 Å². The first-order valence-electron chi connectivity index (χ1n) is 7.45. The summed E-state index contributed by atoms with van der Waals surface area (Å²) in [4.78, 5) is 12.3. The van der Waals surface area contributed by atoms with E-state index in [0.29, 0.717) is 6.42 Å². The molecular weight excluding hydrogens is 288 g/mol. The first kappa shape index (κ1) is 18.5. The van der Waals surface area contributed by atoms with Crippen LogP contribution < -0.4 is 0 Å². The van der Waals surface area contributed by atoms with Crippen molar-refractivity contribution in [2.75, 3.05) is 26.4 Å². The van der Waals surface area contributed by atoms with E-state index >= 15 is 0 Å². The van der Waals surface area contributed by atoms with E-state index in [9.17, 15) is 4.79 Å². The molecular formula is C15H24N2O5. The highest BCUT2D eigenvalue weighted by molar-refractivity contribution is 5.76. The smallest absolute Gasteiger partial charge is 0.398 e. The number of carbonyl (C=O) groups is 1. The molecule has 0 atom stereocenters. The molecule has 0 fully saturated rings. The Morgan fingerprint density at radius 2 is 1.73 bits per heavy atom. The van der Waals surface area contributed by atoms with E-state index in [1.54, 1.807) is 27.0 Å². The number of aromatic nitrogens is 2. The molecule has 0 radical (unpaired) electrons. The second-order valence-corrected chi connectivity index (χ2v) is 4.45. The van der Waals surface area contributed by atoms with Crippen LogP contribution in [-0.4, -0.2) is 48.6 Å². The zero-order chi connectivity index (χ0) is 16.4. The van der Waals surface area contributed by atoms with Crippen LogP contribution in [0.2, 0.25) is 0 Å². The molecule has 0 aromatic carbocycles. The largest absolute Gasteiger partial charge is 0.459 e. The lowest BCUT2D eigenvalue weighted by Crippen LogP contribution is -2.48. The lowest BCUT2D eigenvalue weighted by atomic mass is 10.2. The minimum Gasteiger partial charge on any atom is -0.459 e. The van der Waals surface area contributed by atoms with Gasteiger partial charge in [0.1, 0.15) is 0 Å². The Balaban J connectivity index is 2.62. The normalized spacial score (nSPS) is 11.5. The van der Waals surface area contributed by atoms with Crippen LogP contribution in [0, 0.1) is 6.92 Å². The average Bonchev–Trinajstić information content (AvgIpc) is 2.48. The zero-order valence-electron chi connectivity index (χ0n) is 13.6.